The van der Waals surface area contributed by atoms with Crippen molar-refractivity contribution >= 4 is 5.91 Å². The first-order valence-corrected chi connectivity index (χ1v) is 5.90. The van der Waals surface area contributed by atoms with Gasteiger partial charge in [-0.05, 0) is 31.8 Å². The van der Waals surface area contributed by atoms with E-state index in [1.165, 1.54) is 4.90 Å². The van der Waals surface area contributed by atoms with Crippen LogP contribution >= 0.6 is 0 Å². The van der Waals surface area contributed by atoms with Gasteiger partial charge in [0.25, 0.3) is 0 Å². The summed E-state index contributed by atoms with van der Waals surface area (Å²) in [6.07, 6.45) is -3.74. The second kappa shape index (κ2) is 6.23. The summed E-state index contributed by atoms with van der Waals surface area (Å²) in [7, 11) is 1.58. The van der Waals surface area contributed by atoms with Crippen LogP contribution in [0, 0.1) is 5.92 Å². The van der Waals surface area contributed by atoms with Crippen molar-refractivity contribution in [1.82, 2.24) is 10.2 Å². The lowest BCUT2D eigenvalue weighted by molar-refractivity contribution is -0.148. The number of nitrogens with zero attached hydrogens (tertiary/aromatic N) is 1. The van der Waals surface area contributed by atoms with Gasteiger partial charge in [-0.3, -0.25) is 4.79 Å². The number of nitrogens with one attached hydrogen (secondary N) is 1. The van der Waals surface area contributed by atoms with Crippen molar-refractivity contribution in [2.24, 2.45) is 5.92 Å². The zero-order valence-electron chi connectivity index (χ0n) is 10.0. The zero-order chi connectivity index (χ0) is 12.9. The molecule has 100 valence electrons. The van der Waals surface area contributed by atoms with Gasteiger partial charge in [0.05, 0.1) is 6.42 Å². The lowest BCUT2D eigenvalue weighted by atomic mass is 9.97. The number of hydrogen-bond acceptors (Lipinski definition) is 2. The molecule has 1 aliphatic rings. The van der Waals surface area contributed by atoms with E-state index in [0.29, 0.717) is 12.5 Å². The van der Waals surface area contributed by atoms with Crippen LogP contribution in [-0.2, 0) is 4.79 Å². The van der Waals surface area contributed by atoms with Gasteiger partial charge in [0, 0.05) is 20.0 Å². The fourth-order valence-corrected chi connectivity index (χ4v) is 1.99. The number of carbonyl (C=O) groups excluding carboxylic acids is 1. The number of hydrogen-bond donors (Lipinski definition) is 1. The highest BCUT2D eigenvalue weighted by atomic mass is 19.4. The van der Waals surface area contributed by atoms with Gasteiger partial charge in [-0.2, -0.15) is 13.2 Å². The lowest BCUT2D eigenvalue weighted by Crippen LogP contribution is -2.37. The fraction of sp³-hybridized carbons (Fsp3) is 0.909. The van der Waals surface area contributed by atoms with E-state index >= 15 is 0 Å². The Kier molecular flexibility index (Phi) is 5.24. The third kappa shape index (κ3) is 5.91. The fourth-order valence-electron chi connectivity index (χ4n) is 1.99. The first kappa shape index (κ1) is 14.3. The molecule has 1 aliphatic heterocycles. The van der Waals surface area contributed by atoms with Crippen LogP contribution in [0.4, 0.5) is 13.2 Å². The van der Waals surface area contributed by atoms with Crippen molar-refractivity contribution < 1.29 is 18.0 Å². The molecule has 0 aliphatic carbocycles. The zero-order valence-corrected chi connectivity index (χ0v) is 10.0. The minimum absolute atomic E-state index is 0.413. The number of carbonyl (C=O) groups is 1. The molecule has 0 radical (unpaired) electrons. The summed E-state index contributed by atoms with van der Waals surface area (Å²) in [6, 6.07) is 0. The van der Waals surface area contributed by atoms with Gasteiger partial charge in [0.15, 0.2) is 0 Å². The van der Waals surface area contributed by atoms with Crippen molar-refractivity contribution in [3.8, 4) is 0 Å². The second-order valence-electron chi connectivity index (χ2n) is 4.58. The molecule has 0 aromatic rings. The molecule has 0 atom stereocenters. The van der Waals surface area contributed by atoms with Gasteiger partial charge < -0.3 is 10.2 Å². The van der Waals surface area contributed by atoms with E-state index in [4.69, 9.17) is 0 Å². The summed E-state index contributed by atoms with van der Waals surface area (Å²) in [5.41, 5.74) is 0. The van der Waals surface area contributed by atoms with Gasteiger partial charge in [0.1, 0.15) is 0 Å². The summed E-state index contributed by atoms with van der Waals surface area (Å²) in [5, 5.41) is 3.21. The van der Waals surface area contributed by atoms with E-state index in [2.05, 4.69) is 5.32 Å². The van der Waals surface area contributed by atoms with Crippen LogP contribution in [0.3, 0.4) is 0 Å². The van der Waals surface area contributed by atoms with Crippen molar-refractivity contribution in [2.75, 3.05) is 26.7 Å². The van der Waals surface area contributed by atoms with E-state index in [0.717, 1.165) is 25.9 Å². The normalized spacial score (nSPS) is 18.1. The van der Waals surface area contributed by atoms with E-state index in [-0.39, 0.29) is 0 Å². The first-order valence-electron chi connectivity index (χ1n) is 5.90. The quantitative estimate of drug-likeness (QED) is 0.827. The SMILES string of the molecule is CN(CC1CCNCC1)C(=O)CCC(F)(F)F. The molecule has 1 fully saturated rings. The average molecular weight is 252 g/mol. The number of halogens is 3. The number of rotatable bonds is 4. The van der Waals surface area contributed by atoms with Gasteiger partial charge in [-0.1, -0.05) is 0 Å². The van der Waals surface area contributed by atoms with Crippen LogP contribution in [0.25, 0.3) is 0 Å². The van der Waals surface area contributed by atoms with Crippen molar-refractivity contribution in [3.63, 3.8) is 0 Å². The Morgan fingerprint density at radius 1 is 1.35 bits per heavy atom. The molecular weight excluding hydrogens is 233 g/mol. The lowest BCUT2D eigenvalue weighted by Gasteiger charge is -2.27. The van der Waals surface area contributed by atoms with Crippen LogP contribution in [0.5, 0.6) is 0 Å². The molecule has 0 spiro atoms. The Morgan fingerprint density at radius 3 is 2.47 bits per heavy atom. The van der Waals surface area contributed by atoms with Crippen LogP contribution in [0.15, 0.2) is 0 Å². The van der Waals surface area contributed by atoms with Crippen LogP contribution in [0.1, 0.15) is 25.7 Å². The molecular formula is C11H19F3N2O. The minimum Gasteiger partial charge on any atom is -0.345 e. The Bertz CT molecular complexity index is 250. The molecule has 3 nitrogen and oxygen atoms in total. The molecule has 1 heterocycles. The molecule has 1 amide bonds. The third-order valence-electron chi connectivity index (χ3n) is 3.04. The maximum atomic E-state index is 12.0. The second-order valence-corrected chi connectivity index (χ2v) is 4.58. The predicted molar refractivity (Wildman–Crippen MR) is 58.5 cm³/mol. The standard InChI is InChI=1S/C11H19F3N2O/c1-16(8-9-3-6-15-7-4-9)10(17)2-5-11(12,13)14/h9,15H,2-8H2,1H3. The number of piperidine rings is 1. The van der Waals surface area contributed by atoms with Gasteiger partial charge in [-0.15, -0.1) is 0 Å². The Balaban J connectivity index is 2.26. The topological polar surface area (TPSA) is 32.3 Å². The summed E-state index contributed by atoms with van der Waals surface area (Å²) in [5.74, 6) is -0.00283. The molecule has 1 N–H and O–H groups in total. The molecule has 1 rings (SSSR count). The van der Waals surface area contributed by atoms with E-state index in [9.17, 15) is 18.0 Å². The van der Waals surface area contributed by atoms with Crippen LogP contribution in [0.2, 0.25) is 0 Å². The number of amides is 1. The highest BCUT2D eigenvalue weighted by Crippen LogP contribution is 2.22. The average Bonchev–Trinajstić information content (AvgIpc) is 2.26. The summed E-state index contributed by atoms with van der Waals surface area (Å²) < 4.78 is 35.9. The highest BCUT2D eigenvalue weighted by Gasteiger charge is 2.29. The van der Waals surface area contributed by atoms with Crippen LogP contribution in [-0.4, -0.2) is 43.7 Å². The first-order chi connectivity index (χ1) is 7.88. The molecule has 0 aromatic heterocycles. The molecule has 17 heavy (non-hydrogen) atoms. The Hall–Kier alpha value is -0.780. The van der Waals surface area contributed by atoms with Crippen LogP contribution < -0.4 is 5.32 Å². The minimum atomic E-state index is -4.24. The van der Waals surface area contributed by atoms with E-state index in [1.54, 1.807) is 7.05 Å². The van der Waals surface area contributed by atoms with Crippen molar-refractivity contribution in [2.45, 2.75) is 31.9 Å². The smallest absolute Gasteiger partial charge is 0.345 e. The molecule has 0 aromatic carbocycles. The van der Waals surface area contributed by atoms with Crippen molar-refractivity contribution in [1.29, 1.82) is 0 Å². The third-order valence-corrected chi connectivity index (χ3v) is 3.04. The molecule has 0 saturated carbocycles. The van der Waals surface area contributed by atoms with Crippen molar-refractivity contribution in [3.05, 3.63) is 0 Å². The summed E-state index contributed by atoms with van der Waals surface area (Å²) in [4.78, 5) is 12.9. The monoisotopic (exact) mass is 252 g/mol. The molecule has 0 bridgehead atoms. The largest absolute Gasteiger partial charge is 0.389 e. The van der Waals surface area contributed by atoms with E-state index in [1.807, 2.05) is 0 Å². The highest BCUT2D eigenvalue weighted by molar-refractivity contribution is 5.75. The molecule has 6 heteroatoms. The maximum absolute atomic E-state index is 12.0. The van der Waals surface area contributed by atoms with Gasteiger partial charge in [-0.25, -0.2) is 0 Å². The van der Waals surface area contributed by atoms with Gasteiger partial charge >= 0.3 is 6.18 Å². The number of alkyl halides is 3. The Morgan fingerprint density at radius 2 is 1.94 bits per heavy atom. The maximum Gasteiger partial charge on any atom is 0.389 e. The Labute approximate surface area is 99.4 Å². The summed E-state index contributed by atoms with van der Waals surface area (Å²) >= 11 is 0. The molecule has 0 unspecified atom stereocenters. The molecule has 1 saturated heterocycles. The van der Waals surface area contributed by atoms with Gasteiger partial charge in [0.2, 0.25) is 5.91 Å². The van der Waals surface area contributed by atoms with E-state index < -0.39 is 24.9 Å². The predicted octanol–water partition coefficient (Wildman–Crippen LogP) is 1.79. The summed E-state index contributed by atoms with van der Waals surface area (Å²) in [6.45, 7) is 2.42.